The molecular formula is C17H16N2O3. The van der Waals surface area contributed by atoms with Gasteiger partial charge in [-0.2, -0.15) is 0 Å². The van der Waals surface area contributed by atoms with E-state index in [0.29, 0.717) is 18.5 Å². The maximum Gasteiger partial charge on any atom is 0.222 e. The van der Waals surface area contributed by atoms with Gasteiger partial charge in [0.2, 0.25) is 5.88 Å². The molecule has 0 spiro atoms. The third kappa shape index (κ3) is 2.41. The monoisotopic (exact) mass is 296 g/mol. The fourth-order valence-electron chi connectivity index (χ4n) is 2.64. The Morgan fingerprint density at radius 1 is 1.14 bits per heavy atom. The Balaban J connectivity index is 1.90. The van der Waals surface area contributed by atoms with Crippen LogP contribution in [-0.4, -0.2) is 16.3 Å². The van der Waals surface area contributed by atoms with E-state index >= 15 is 0 Å². The minimum Gasteiger partial charge on any atom is -0.493 e. The average Bonchev–Trinajstić information content (AvgIpc) is 2.81. The minimum absolute atomic E-state index is 0.0819. The third-order valence-corrected chi connectivity index (χ3v) is 3.65. The second-order valence-corrected chi connectivity index (χ2v) is 5.05. The van der Waals surface area contributed by atoms with Crippen molar-refractivity contribution in [2.24, 2.45) is 5.18 Å². The second kappa shape index (κ2) is 5.89. The van der Waals surface area contributed by atoms with Crippen LogP contribution in [0.25, 0.3) is 10.9 Å². The van der Waals surface area contributed by atoms with Crippen molar-refractivity contribution in [1.82, 2.24) is 4.57 Å². The van der Waals surface area contributed by atoms with Gasteiger partial charge in [-0.1, -0.05) is 36.4 Å². The summed E-state index contributed by atoms with van der Waals surface area (Å²) in [7, 11) is 0. The molecule has 5 nitrogen and oxygen atoms in total. The van der Waals surface area contributed by atoms with Gasteiger partial charge in [0.05, 0.1) is 12.1 Å². The molecule has 0 bridgehead atoms. The molecule has 0 saturated carbocycles. The van der Waals surface area contributed by atoms with Crippen LogP contribution in [-0.2, 0) is 6.54 Å². The highest BCUT2D eigenvalue weighted by molar-refractivity contribution is 5.96. The Labute approximate surface area is 127 Å². The molecule has 1 heterocycles. The van der Waals surface area contributed by atoms with Gasteiger partial charge in [-0.05, 0) is 29.8 Å². The van der Waals surface area contributed by atoms with E-state index in [4.69, 9.17) is 4.74 Å². The first-order chi connectivity index (χ1) is 10.7. The number of nitrogens with zero attached hydrogens (tertiary/aromatic N) is 2. The van der Waals surface area contributed by atoms with Crippen molar-refractivity contribution >= 4 is 16.6 Å². The molecule has 0 radical (unpaired) electrons. The van der Waals surface area contributed by atoms with Gasteiger partial charge in [0.25, 0.3) is 0 Å². The zero-order chi connectivity index (χ0) is 15.5. The Kier molecular flexibility index (Phi) is 3.78. The van der Waals surface area contributed by atoms with Crippen molar-refractivity contribution in [2.45, 2.75) is 13.5 Å². The van der Waals surface area contributed by atoms with Crippen LogP contribution in [0.1, 0.15) is 5.56 Å². The van der Waals surface area contributed by atoms with Gasteiger partial charge in [0.1, 0.15) is 12.4 Å². The van der Waals surface area contributed by atoms with Gasteiger partial charge in [-0.25, -0.2) is 0 Å². The number of aryl methyl sites for hydroxylation is 1. The molecule has 22 heavy (non-hydrogen) atoms. The van der Waals surface area contributed by atoms with Crippen LogP contribution < -0.4 is 4.74 Å². The van der Waals surface area contributed by atoms with E-state index in [0.717, 1.165) is 16.8 Å². The maximum absolute atomic E-state index is 11.0. The normalized spacial score (nSPS) is 10.8. The van der Waals surface area contributed by atoms with E-state index in [-0.39, 0.29) is 11.6 Å². The quantitative estimate of drug-likeness (QED) is 0.720. The minimum atomic E-state index is -0.115. The van der Waals surface area contributed by atoms with Crippen molar-refractivity contribution in [1.29, 1.82) is 0 Å². The molecule has 0 aliphatic carbocycles. The van der Waals surface area contributed by atoms with Crippen molar-refractivity contribution in [2.75, 3.05) is 6.61 Å². The fourth-order valence-corrected chi connectivity index (χ4v) is 2.64. The zero-order valence-corrected chi connectivity index (χ0v) is 12.2. The van der Waals surface area contributed by atoms with Crippen LogP contribution in [0.15, 0.2) is 53.7 Å². The largest absolute Gasteiger partial charge is 0.493 e. The number of hydrogen-bond donors (Lipinski definition) is 1. The number of aromatic nitrogens is 1. The van der Waals surface area contributed by atoms with E-state index < -0.39 is 0 Å². The number of aromatic hydroxyl groups is 1. The molecule has 0 amide bonds. The SMILES string of the molecule is Cc1cccc2c(N=O)c(O)n(CCOc3ccccc3)c12. The van der Waals surface area contributed by atoms with Gasteiger partial charge in [-0.3, -0.25) is 0 Å². The molecule has 2 aromatic carbocycles. The van der Waals surface area contributed by atoms with Crippen molar-refractivity contribution < 1.29 is 9.84 Å². The Hall–Kier alpha value is -2.82. The van der Waals surface area contributed by atoms with E-state index in [1.807, 2.05) is 49.4 Å². The topological polar surface area (TPSA) is 63.8 Å². The zero-order valence-electron chi connectivity index (χ0n) is 12.2. The van der Waals surface area contributed by atoms with E-state index in [2.05, 4.69) is 5.18 Å². The highest BCUT2D eigenvalue weighted by Gasteiger charge is 2.18. The second-order valence-electron chi connectivity index (χ2n) is 5.05. The predicted molar refractivity (Wildman–Crippen MR) is 85.7 cm³/mol. The number of para-hydroxylation sites is 2. The standard InChI is InChI=1S/C17H16N2O3/c1-12-6-5-9-14-15(18-21)17(20)19(16(12)14)10-11-22-13-7-3-2-4-8-13/h2-9,20H,10-11H2,1H3. The summed E-state index contributed by atoms with van der Waals surface area (Å²) < 4.78 is 7.33. The molecule has 3 aromatic rings. The summed E-state index contributed by atoms with van der Waals surface area (Å²) in [5.41, 5.74) is 1.87. The van der Waals surface area contributed by atoms with Gasteiger partial charge in [-0.15, -0.1) is 4.91 Å². The van der Waals surface area contributed by atoms with Crippen LogP contribution >= 0.6 is 0 Å². The molecule has 0 fully saturated rings. The number of ether oxygens (including phenoxy) is 1. The summed E-state index contributed by atoms with van der Waals surface area (Å²) in [6.45, 7) is 2.75. The van der Waals surface area contributed by atoms with Crippen LogP contribution in [0.2, 0.25) is 0 Å². The summed E-state index contributed by atoms with van der Waals surface area (Å²) in [5.74, 6) is 0.653. The van der Waals surface area contributed by atoms with Crippen LogP contribution in [0.3, 0.4) is 0 Å². The molecule has 112 valence electrons. The molecule has 1 aromatic heterocycles. The Morgan fingerprint density at radius 3 is 2.64 bits per heavy atom. The van der Waals surface area contributed by atoms with Gasteiger partial charge >= 0.3 is 0 Å². The number of fused-ring (bicyclic) bond motifs is 1. The lowest BCUT2D eigenvalue weighted by Crippen LogP contribution is -2.08. The van der Waals surface area contributed by atoms with Gasteiger partial charge in [0.15, 0.2) is 5.69 Å². The first-order valence-electron chi connectivity index (χ1n) is 7.04. The first kappa shape index (κ1) is 14.1. The van der Waals surface area contributed by atoms with Crippen LogP contribution in [0, 0.1) is 11.8 Å². The molecule has 0 saturated heterocycles. The molecular weight excluding hydrogens is 280 g/mol. The van der Waals surface area contributed by atoms with E-state index in [1.165, 1.54) is 0 Å². The molecule has 0 aliphatic heterocycles. The lowest BCUT2D eigenvalue weighted by molar-refractivity contribution is 0.290. The number of nitroso groups, excluding NO2 is 1. The lowest BCUT2D eigenvalue weighted by Gasteiger charge is -2.10. The van der Waals surface area contributed by atoms with Crippen LogP contribution in [0.5, 0.6) is 11.6 Å². The fraction of sp³-hybridized carbons (Fsp3) is 0.176. The molecule has 1 N–H and O–H groups in total. The van der Waals surface area contributed by atoms with E-state index in [1.54, 1.807) is 10.6 Å². The summed E-state index contributed by atoms with van der Waals surface area (Å²) in [4.78, 5) is 11.0. The van der Waals surface area contributed by atoms with Crippen molar-refractivity contribution in [3.05, 3.63) is 59.0 Å². The van der Waals surface area contributed by atoms with Crippen molar-refractivity contribution in [3.8, 4) is 11.6 Å². The summed E-state index contributed by atoms with van der Waals surface area (Å²) in [5, 5.41) is 13.9. The Morgan fingerprint density at radius 2 is 1.91 bits per heavy atom. The van der Waals surface area contributed by atoms with Gasteiger partial charge < -0.3 is 14.4 Å². The highest BCUT2D eigenvalue weighted by Crippen LogP contribution is 2.39. The third-order valence-electron chi connectivity index (χ3n) is 3.65. The molecule has 0 unspecified atom stereocenters. The maximum atomic E-state index is 11.0. The predicted octanol–water partition coefficient (Wildman–Crippen LogP) is 4.13. The summed E-state index contributed by atoms with van der Waals surface area (Å²) >= 11 is 0. The number of hydrogen-bond acceptors (Lipinski definition) is 4. The molecule has 5 heteroatoms. The van der Waals surface area contributed by atoms with Crippen LogP contribution in [0.4, 0.5) is 5.69 Å². The lowest BCUT2D eigenvalue weighted by atomic mass is 10.1. The number of benzene rings is 2. The molecule has 0 aliphatic rings. The summed E-state index contributed by atoms with van der Waals surface area (Å²) in [6, 6.07) is 15.0. The van der Waals surface area contributed by atoms with Crippen molar-refractivity contribution in [3.63, 3.8) is 0 Å². The highest BCUT2D eigenvalue weighted by atomic mass is 16.5. The Bertz CT molecular complexity index is 810. The smallest absolute Gasteiger partial charge is 0.222 e. The molecule has 3 rings (SSSR count). The summed E-state index contributed by atoms with van der Waals surface area (Å²) in [6.07, 6.45) is 0. The van der Waals surface area contributed by atoms with Gasteiger partial charge in [0, 0.05) is 5.39 Å². The van der Waals surface area contributed by atoms with E-state index in [9.17, 15) is 10.0 Å². The average molecular weight is 296 g/mol. The molecule has 0 atom stereocenters. The first-order valence-corrected chi connectivity index (χ1v) is 7.04. The number of rotatable bonds is 5.